The van der Waals surface area contributed by atoms with Crippen LogP contribution in [0.3, 0.4) is 0 Å². The fourth-order valence-electron chi connectivity index (χ4n) is 1.48. The van der Waals surface area contributed by atoms with Gasteiger partial charge in [0.25, 0.3) is 0 Å². The third-order valence-electron chi connectivity index (χ3n) is 2.12. The zero-order chi connectivity index (χ0) is 10.1. The molecule has 0 spiro atoms. The molecule has 3 heteroatoms. The van der Waals surface area contributed by atoms with Crippen molar-refractivity contribution >= 4 is 39.5 Å². The SMILES string of the molecule is CSc1cc2c(C=O)cc(C)cc2s1. The van der Waals surface area contributed by atoms with Crippen LogP contribution in [0.4, 0.5) is 0 Å². The van der Waals surface area contributed by atoms with E-state index in [2.05, 4.69) is 18.4 Å². The Hall–Kier alpha value is -0.800. The molecule has 0 fully saturated rings. The Kier molecular flexibility index (Phi) is 2.61. The summed E-state index contributed by atoms with van der Waals surface area (Å²) < 4.78 is 2.46. The number of hydrogen-bond acceptors (Lipinski definition) is 3. The van der Waals surface area contributed by atoms with E-state index in [1.54, 1.807) is 23.1 Å². The quantitative estimate of drug-likeness (QED) is 0.568. The van der Waals surface area contributed by atoms with Gasteiger partial charge in [0, 0.05) is 15.6 Å². The number of aryl methyl sites for hydroxylation is 1. The summed E-state index contributed by atoms with van der Waals surface area (Å²) >= 11 is 3.47. The highest BCUT2D eigenvalue weighted by Crippen LogP contribution is 2.33. The van der Waals surface area contributed by atoms with E-state index in [-0.39, 0.29) is 0 Å². The van der Waals surface area contributed by atoms with Crippen molar-refractivity contribution in [3.05, 3.63) is 29.3 Å². The van der Waals surface area contributed by atoms with Gasteiger partial charge in [-0.2, -0.15) is 0 Å². The van der Waals surface area contributed by atoms with Crippen LogP contribution in [0, 0.1) is 6.92 Å². The van der Waals surface area contributed by atoms with Gasteiger partial charge >= 0.3 is 0 Å². The van der Waals surface area contributed by atoms with Crippen LogP contribution >= 0.6 is 23.1 Å². The molecule has 0 aliphatic rings. The summed E-state index contributed by atoms with van der Waals surface area (Å²) in [6.07, 6.45) is 2.99. The van der Waals surface area contributed by atoms with Crippen molar-refractivity contribution < 1.29 is 4.79 Å². The fourth-order valence-corrected chi connectivity index (χ4v) is 3.25. The van der Waals surface area contributed by atoms with E-state index in [1.807, 2.05) is 13.0 Å². The summed E-state index contributed by atoms with van der Waals surface area (Å²) in [4.78, 5) is 10.9. The molecule has 1 heterocycles. The summed E-state index contributed by atoms with van der Waals surface area (Å²) in [5.41, 5.74) is 1.95. The van der Waals surface area contributed by atoms with Crippen molar-refractivity contribution in [1.82, 2.24) is 0 Å². The number of thiophene rings is 1. The molecule has 0 amide bonds. The maximum Gasteiger partial charge on any atom is 0.150 e. The number of hydrogen-bond donors (Lipinski definition) is 0. The van der Waals surface area contributed by atoms with Gasteiger partial charge in [0.1, 0.15) is 0 Å². The molecule has 0 bridgehead atoms. The highest BCUT2D eigenvalue weighted by molar-refractivity contribution is 8.00. The molecular formula is C11H10OS2. The number of carbonyl (C=O) groups is 1. The Morgan fingerprint density at radius 2 is 2.14 bits per heavy atom. The Balaban J connectivity index is 2.77. The minimum Gasteiger partial charge on any atom is -0.298 e. The second kappa shape index (κ2) is 3.75. The molecule has 2 rings (SSSR count). The first kappa shape index (κ1) is 9.74. The first-order valence-electron chi connectivity index (χ1n) is 4.28. The van der Waals surface area contributed by atoms with Gasteiger partial charge in [0.15, 0.2) is 6.29 Å². The summed E-state index contributed by atoms with van der Waals surface area (Å²) in [5.74, 6) is 0. The molecule has 0 aliphatic heterocycles. The third kappa shape index (κ3) is 1.57. The van der Waals surface area contributed by atoms with Crippen molar-refractivity contribution in [2.24, 2.45) is 0 Å². The van der Waals surface area contributed by atoms with Gasteiger partial charge < -0.3 is 0 Å². The van der Waals surface area contributed by atoms with Gasteiger partial charge in [-0.25, -0.2) is 0 Å². The molecule has 14 heavy (non-hydrogen) atoms. The minimum atomic E-state index is 0.802. The molecule has 2 aromatic rings. The second-order valence-electron chi connectivity index (χ2n) is 3.15. The molecule has 0 saturated carbocycles. The lowest BCUT2D eigenvalue weighted by Gasteiger charge is -1.96. The van der Waals surface area contributed by atoms with E-state index in [9.17, 15) is 4.79 Å². The number of aldehydes is 1. The fraction of sp³-hybridized carbons (Fsp3) is 0.182. The Morgan fingerprint density at radius 1 is 1.36 bits per heavy atom. The van der Waals surface area contributed by atoms with Crippen LogP contribution in [-0.2, 0) is 0 Å². The highest BCUT2D eigenvalue weighted by atomic mass is 32.2. The van der Waals surface area contributed by atoms with Crippen molar-refractivity contribution in [3.63, 3.8) is 0 Å². The Labute approximate surface area is 91.1 Å². The lowest BCUT2D eigenvalue weighted by atomic mass is 10.1. The van der Waals surface area contributed by atoms with E-state index in [1.165, 1.54) is 8.91 Å². The molecule has 0 unspecified atom stereocenters. The second-order valence-corrected chi connectivity index (χ2v) is 5.34. The van der Waals surface area contributed by atoms with Crippen LogP contribution in [0.2, 0.25) is 0 Å². The molecule has 1 nitrogen and oxygen atoms in total. The van der Waals surface area contributed by atoms with Gasteiger partial charge in [-0.1, -0.05) is 0 Å². The first-order valence-corrected chi connectivity index (χ1v) is 6.32. The van der Waals surface area contributed by atoms with Gasteiger partial charge in [-0.3, -0.25) is 4.79 Å². The van der Waals surface area contributed by atoms with E-state index >= 15 is 0 Å². The lowest BCUT2D eigenvalue weighted by Crippen LogP contribution is -1.81. The van der Waals surface area contributed by atoms with Crippen LogP contribution in [0.15, 0.2) is 22.4 Å². The molecule has 0 aliphatic carbocycles. The summed E-state index contributed by atoms with van der Waals surface area (Å²) in [7, 11) is 0. The van der Waals surface area contributed by atoms with Gasteiger partial charge in [0.2, 0.25) is 0 Å². The molecule has 0 atom stereocenters. The van der Waals surface area contributed by atoms with Crippen molar-refractivity contribution in [1.29, 1.82) is 0 Å². The molecule has 1 aromatic carbocycles. The van der Waals surface area contributed by atoms with Crippen LogP contribution in [-0.4, -0.2) is 12.5 Å². The van der Waals surface area contributed by atoms with Crippen molar-refractivity contribution in [2.45, 2.75) is 11.1 Å². The summed E-state index contributed by atoms with van der Waals surface area (Å²) in [5, 5.41) is 1.08. The Morgan fingerprint density at radius 3 is 2.79 bits per heavy atom. The Bertz CT molecular complexity index is 485. The maximum absolute atomic E-state index is 10.9. The molecule has 0 radical (unpaired) electrons. The average Bonchev–Trinajstić information content (AvgIpc) is 2.59. The zero-order valence-electron chi connectivity index (χ0n) is 8.03. The minimum absolute atomic E-state index is 0.802. The maximum atomic E-state index is 10.9. The number of fused-ring (bicyclic) bond motifs is 1. The van der Waals surface area contributed by atoms with E-state index in [0.717, 1.165) is 22.8 Å². The van der Waals surface area contributed by atoms with Crippen LogP contribution in [0.5, 0.6) is 0 Å². The molecule has 1 aromatic heterocycles. The van der Waals surface area contributed by atoms with Gasteiger partial charge in [-0.05, 0) is 36.9 Å². The van der Waals surface area contributed by atoms with Crippen molar-refractivity contribution in [2.75, 3.05) is 6.26 Å². The lowest BCUT2D eigenvalue weighted by molar-refractivity contribution is 0.112. The molecule has 0 saturated heterocycles. The number of benzene rings is 1. The first-order chi connectivity index (χ1) is 6.74. The van der Waals surface area contributed by atoms with E-state index in [0.29, 0.717) is 0 Å². The molecular weight excluding hydrogens is 212 g/mol. The van der Waals surface area contributed by atoms with Crippen molar-refractivity contribution in [3.8, 4) is 0 Å². The largest absolute Gasteiger partial charge is 0.298 e. The van der Waals surface area contributed by atoms with Gasteiger partial charge in [0.05, 0.1) is 4.21 Å². The summed E-state index contributed by atoms with van der Waals surface area (Å²) in [6, 6.07) is 6.16. The topological polar surface area (TPSA) is 17.1 Å². The zero-order valence-corrected chi connectivity index (χ0v) is 9.67. The predicted molar refractivity (Wildman–Crippen MR) is 63.7 cm³/mol. The predicted octanol–water partition coefficient (Wildman–Crippen LogP) is 3.74. The van der Waals surface area contributed by atoms with Crippen LogP contribution in [0.25, 0.3) is 10.1 Å². The number of carbonyl (C=O) groups excluding carboxylic acids is 1. The van der Waals surface area contributed by atoms with Crippen LogP contribution in [0.1, 0.15) is 15.9 Å². The van der Waals surface area contributed by atoms with E-state index in [4.69, 9.17) is 0 Å². The molecule has 72 valence electrons. The third-order valence-corrected chi connectivity index (χ3v) is 4.27. The highest BCUT2D eigenvalue weighted by Gasteiger charge is 2.06. The number of rotatable bonds is 2. The smallest absolute Gasteiger partial charge is 0.150 e. The van der Waals surface area contributed by atoms with Crippen LogP contribution < -0.4 is 0 Å². The average molecular weight is 222 g/mol. The molecule has 0 N–H and O–H groups in total. The summed E-state index contributed by atoms with van der Waals surface area (Å²) in [6.45, 7) is 2.02. The monoisotopic (exact) mass is 222 g/mol. The van der Waals surface area contributed by atoms with E-state index < -0.39 is 0 Å². The number of thioether (sulfide) groups is 1. The normalized spacial score (nSPS) is 10.7. The standard InChI is InChI=1S/C11H10OS2/c1-7-3-8(6-12)9-5-11(13-2)14-10(9)4-7/h3-6H,1-2H3. The van der Waals surface area contributed by atoms with Gasteiger partial charge in [-0.15, -0.1) is 23.1 Å².